The first kappa shape index (κ1) is 18.3. The van der Waals surface area contributed by atoms with Gasteiger partial charge in [0, 0.05) is 11.1 Å². The zero-order valence-electron chi connectivity index (χ0n) is 13.6. The lowest BCUT2D eigenvalue weighted by Gasteiger charge is -2.13. The second-order valence-electron chi connectivity index (χ2n) is 5.59. The molecule has 0 atom stereocenters. The molecule has 0 N–H and O–H groups in total. The van der Waals surface area contributed by atoms with Crippen LogP contribution in [0.2, 0.25) is 5.02 Å². The van der Waals surface area contributed by atoms with E-state index in [2.05, 4.69) is 0 Å². The molecule has 0 aliphatic heterocycles. The second-order valence-corrected chi connectivity index (χ2v) is 8.11. The summed E-state index contributed by atoms with van der Waals surface area (Å²) in [6.07, 6.45) is 3.36. The van der Waals surface area contributed by atoms with E-state index in [1.807, 2.05) is 12.1 Å². The molecule has 1 heterocycles. The molecule has 0 bridgehead atoms. The van der Waals surface area contributed by atoms with Crippen molar-refractivity contribution in [2.75, 3.05) is 0 Å². The predicted octanol–water partition coefficient (Wildman–Crippen LogP) is 3.15. The Morgan fingerprint density at radius 2 is 1.75 bits per heavy atom. The van der Waals surface area contributed by atoms with Crippen molar-refractivity contribution in [3.8, 4) is 0 Å². The van der Waals surface area contributed by atoms with E-state index in [0.717, 1.165) is 10.3 Å². The van der Waals surface area contributed by atoms with Crippen molar-refractivity contribution in [2.24, 2.45) is 0 Å². The van der Waals surface area contributed by atoms with Crippen LogP contribution in [-0.2, 0) is 10.1 Å². The molecule has 24 heavy (non-hydrogen) atoms. The highest BCUT2D eigenvalue weighted by Gasteiger charge is 2.20. The Balaban J connectivity index is 2.45. The number of nitrogens with zero attached hydrogens (tertiary/aromatic N) is 1. The van der Waals surface area contributed by atoms with Crippen LogP contribution in [0.25, 0.3) is 12.2 Å². The Hall–Kier alpha value is -2.05. The van der Waals surface area contributed by atoms with E-state index in [-0.39, 0.29) is 0 Å². The highest BCUT2D eigenvalue weighted by Crippen LogP contribution is 2.13. The summed E-state index contributed by atoms with van der Waals surface area (Å²) in [5.74, 6) is 0. The Kier molecular flexibility index (Phi) is 5.51. The molecule has 0 unspecified atom stereocenters. The lowest BCUT2D eigenvalue weighted by atomic mass is 10.2. The molecule has 0 aliphatic carbocycles. The molecule has 0 saturated carbocycles. The van der Waals surface area contributed by atoms with Gasteiger partial charge in [0.05, 0.1) is 10.9 Å². The highest BCUT2D eigenvalue weighted by atomic mass is 35.5. The van der Waals surface area contributed by atoms with Crippen molar-refractivity contribution in [3.05, 3.63) is 68.6 Å². The van der Waals surface area contributed by atoms with E-state index in [1.54, 1.807) is 37.3 Å². The van der Waals surface area contributed by atoms with E-state index >= 15 is 0 Å². The van der Waals surface area contributed by atoms with E-state index < -0.39 is 20.9 Å². The first-order valence-corrected chi connectivity index (χ1v) is 9.15. The van der Waals surface area contributed by atoms with Crippen LogP contribution < -0.4 is 9.84 Å². The Bertz CT molecular complexity index is 913. The molecule has 128 valence electrons. The summed E-state index contributed by atoms with van der Waals surface area (Å²) in [6, 6.07) is 10.1. The van der Waals surface area contributed by atoms with Crippen molar-refractivity contribution in [2.45, 2.75) is 26.0 Å². The molecule has 5 nitrogen and oxygen atoms in total. The van der Waals surface area contributed by atoms with Gasteiger partial charge in [-0.1, -0.05) is 29.8 Å². The van der Waals surface area contributed by atoms with Crippen LogP contribution in [0.4, 0.5) is 0 Å². The number of hydrogen-bond acceptors (Lipinski definition) is 4. The first-order valence-electron chi connectivity index (χ1n) is 7.30. The van der Waals surface area contributed by atoms with E-state index in [0.29, 0.717) is 16.3 Å². The summed E-state index contributed by atoms with van der Waals surface area (Å²) in [6.45, 7) is 4.72. The fourth-order valence-corrected chi connectivity index (χ4v) is 2.52. The number of benzene rings is 1. The van der Waals surface area contributed by atoms with Gasteiger partial charge in [0.25, 0.3) is 5.56 Å². The van der Waals surface area contributed by atoms with Crippen LogP contribution in [-0.4, -0.2) is 18.4 Å². The van der Waals surface area contributed by atoms with Gasteiger partial charge in [0.1, 0.15) is 0 Å². The molecule has 0 fully saturated rings. The molecule has 2 aromatic rings. The molecular weight excluding hydrogens is 350 g/mol. The summed E-state index contributed by atoms with van der Waals surface area (Å²) < 4.78 is 29.7. The minimum atomic E-state index is -3.89. The second kappa shape index (κ2) is 7.23. The Morgan fingerprint density at radius 1 is 1.12 bits per heavy atom. The number of aromatic nitrogens is 1. The van der Waals surface area contributed by atoms with Crippen LogP contribution >= 0.6 is 11.6 Å². The lowest BCUT2D eigenvalue weighted by Crippen LogP contribution is -2.35. The van der Waals surface area contributed by atoms with Crippen molar-refractivity contribution >= 4 is 33.9 Å². The minimum absolute atomic E-state index is 0.333. The SMILES string of the molecule is Cc1cc(C=Cc2ccc(Cl)cc2)n(OS(=O)(=O)C(C)C)c(=O)c1. The molecule has 0 aliphatic rings. The topological polar surface area (TPSA) is 65.4 Å². The summed E-state index contributed by atoms with van der Waals surface area (Å²) >= 11 is 5.84. The maximum Gasteiger partial charge on any atom is 0.329 e. The predicted molar refractivity (Wildman–Crippen MR) is 96.5 cm³/mol. The van der Waals surface area contributed by atoms with Gasteiger partial charge in [-0.3, -0.25) is 9.08 Å². The van der Waals surface area contributed by atoms with Gasteiger partial charge in [0.2, 0.25) is 0 Å². The third kappa shape index (κ3) is 4.49. The number of pyridine rings is 1. The van der Waals surface area contributed by atoms with Gasteiger partial charge in [-0.25, -0.2) is 0 Å². The highest BCUT2D eigenvalue weighted by molar-refractivity contribution is 7.87. The summed E-state index contributed by atoms with van der Waals surface area (Å²) in [5.41, 5.74) is 1.35. The van der Waals surface area contributed by atoms with Gasteiger partial charge in [-0.2, -0.15) is 8.42 Å². The average Bonchev–Trinajstić information content (AvgIpc) is 2.49. The number of hydrogen-bond donors (Lipinski definition) is 0. The van der Waals surface area contributed by atoms with Crippen LogP contribution in [0.1, 0.15) is 30.7 Å². The Labute approximate surface area is 146 Å². The van der Waals surface area contributed by atoms with Crippen LogP contribution in [0.3, 0.4) is 0 Å². The monoisotopic (exact) mass is 367 g/mol. The van der Waals surface area contributed by atoms with E-state index in [4.69, 9.17) is 15.9 Å². The molecule has 0 radical (unpaired) electrons. The van der Waals surface area contributed by atoms with Crippen LogP contribution in [0, 0.1) is 6.92 Å². The number of rotatable bonds is 5. The fraction of sp³-hybridized carbons (Fsp3) is 0.235. The lowest BCUT2D eigenvalue weighted by molar-refractivity contribution is 0.261. The van der Waals surface area contributed by atoms with Gasteiger partial charge in [-0.05, 0) is 56.2 Å². The molecule has 0 saturated heterocycles. The number of aryl methyl sites for hydroxylation is 1. The molecule has 7 heteroatoms. The van der Waals surface area contributed by atoms with Gasteiger partial charge in [-0.15, -0.1) is 4.73 Å². The van der Waals surface area contributed by atoms with Gasteiger partial charge in [0.15, 0.2) is 0 Å². The zero-order chi connectivity index (χ0) is 17.9. The van der Waals surface area contributed by atoms with Crippen molar-refractivity contribution in [1.82, 2.24) is 4.73 Å². The minimum Gasteiger partial charge on any atom is -0.283 e. The molecule has 2 rings (SSSR count). The summed E-state index contributed by atoms with van der Waals surface area (Å²) in [5, 5.41) is -0.148. The summed E-state index contributed by atoms with van der Waals surface area (Å²) in [4.78, 5) is 12.1. The van der Waals surface area contributed by atoms with Crippen molar-refractivity contribution in [3.63, 3.8) is 0 Å². The maximum atomic E-state index is 12.1. The normalized spacial score (nSPS) is 12.0. The molecule has 0 amide bonds. The number of halogens is 1. The van der Waals surface area contributed by atoms with Crippen LogP contribution in [0.5, 0.6) is 0 Å². The van der Waals surface area contributed by atoms with E-state index in [9.17, 15) is 13.2 Å². The largest absolute Gasteiger partial charge is 0.329 e. The molecule has 0 spiro atoms. The quantitative estimate of drug-likeness (QED) is 0.814. The first-order chi connectivity index (χ1) is 11.2. The van der Waals surface area contributed by atoms with Crippen LogP contribution in [0.15, 0.2) is 41.2 Å². The van der Waals surface area contributed by atoms with Gasteiger partial charge < -0.3 is 0 Å². The molecule has 1 aromatic heterocycles. The molecular formula is C17H18ClNO4S. The molecule has 1 aromatic carbocycles. The summed E-state index contributed by atoms with van der Waals surface area (Å²) in [7, 11) is -3.89. The third-order valence-electron chi connectivity index (χ3n) is 3.23. The standard InChI is InChI=1S/C17H18ClNO4S/c1-12(2)24(21,22)23-19-16(10-13(3)11-17(19)20)9-6-14-4-7-15(18)8-5-14/h4-12H,1-3H3. The van der Waals surface area contributed by atoms with Gasteiger partial charge >= 0.3 is 10.1 Å². The smallest absolute Gasteiger partial charge is 0.283 e. The van der Waals surface area contributed by atoms with Crippen molar-refractivity contribution < 1.29 is 12.7 Å². The van der Waals surface area contributed by atoms with Crippen molar-refractivity contribution in [1.29, 1.82) is 0 Å². The Morgan fingerprint density at radius 3 is 2.33 bits per heavy atom. The average molecular weight is 368 g/mol. The third-order valence-corrected chi connectivity index (χ3v) is 5.00. The fourth-order valence-electron chi connectivity index (χ4n) is 1.86. The maximum absolute atomic E-state index is 12.1. The van der Waals surface area contributed by atoms with E-state index in [1.165, 1.54) is 19.9 Å². The zero-order valence-corrected chi connectivity index (χ0v) is 15.1.